The summed E-state index contributed by atoms with van der Waals surface area (Å²) in [7, 11) is 0. The topological polar surface area (TPSA) is 59.8 Å². The highest BCUT2D eigenvalue weighted by Crippen LogP contribution is 2.38. The molecule has 1 aliphatic heterocycles. The SMILES string of the molecule is Cc1ccc2oc3c(c(=O)c2c1)[C@@H](c1cccc(Cl)c1)N(CCCOC(C)C)C3=O. The summed E-state index contributed by atoms with van der Waals surface area (Å²) in [5.74, 6) is -0.162. The molecule has 156 valence electrons. The van der Waals surface area contributed by atoms with E-state index in [0.29, 0.717) is 41.1 Å². The van der Waals surface area contributed by atoms with Crippen molar-refractivity contribution in [3.05, 3.63) is 80.2 Å². The fourth-order valence-electron chi connectivity index (χ4n) is 3.94. The van der Waals surface area contributed by atoms with Gasteiger partial charge in [-0.3, -0.25) is 9.59 Å². The molecule has 1 aromatic heterocycles. The molecule has 2 aromatic carbocycles. The van der Waals surface area contributed by atoms with Gasteiger partial charge in [0.25, 0.3) is 5.91 Å². The number of hydrogen-bond acceptors (Lipinski definition) is 4. The molecule has 0 N–H and O–H groups in total. The summed E-state index contributed by atoms with van der Waals surface area (Å²) in [6, 6.07) is 12.2. The van der Waals surface area contributed by atoms with Crippen LogP contribution in [0.15, 0.2) is 51.7 Å². The number of aryl methyl sites for hydroxylation is 1. The van der Waals surface area contributed by atoms with Crippen LogP contribution in [0.2, 0.25) is 5.02 Å². The molecule has 0 aliphatic carbocycles. The fraction of sp³-hybridized carbons (Fsp3) is 0.333. The highest BCUT2D eigenvalue weighted by molar-refractivity contribution is 6.30. The van der Waals surface area contributed by atoms with Gasteiger partial charge >= 0.3 is 0 Å². The van der Waals surface area contributed by atoms with Gasteiger partial charge in [-0.05, 0) is 57.0 Å². The van der Waals surface area contributed by atoms with Crippen molar-refractivity contribution in [3.8, 4) is 0 Å². The molecule has 3 aromatic rings. The van der Waals surface area contributed by atoms with Gasteiger partial charge < -0.3 is 14.1 Å². The van der Waals surface area contributed by atoms with E-state index in [2.05, 4.69) is 0 Å². The highest BCUT2D eigenvalue weighted by Gasteiger charge is 2.42. The molecular formula is C24H24ClNO4. The molecule has 2 heterocycles. The lowest BCUT2D eigenvalue weighted by molar-refractivity contribution is 0.0593. The second kappa shape index (κ2) is 8.25. The maximum atomic E-state index is 13.5. The normalized spacial score (nSPS) is 16.0. The Hall–Kier alpha value is -2.63. The first-order chi connectivity index (χ1) is 14.4. The smallest absolute Gasteiger partial charge is 0.290 e. The summed E-state index contributed by atoms with van der Waals surface area (Å²) >= 11 is 6.23. The molecule has 4 rings (SSSR count). The number of rotatable bonds is 6. The first kappa shape index (κ1) is 20.6. The Morgan fingerprint density at radius 2 is 1.97 bits per heavy atom. The number of fused-ring (bicyclic) bond motifs is 2. The van der Waals surface area contributed by atoms with Crippen molar-refractivity contribution < 1.29 is 13.9 Å². The van der Waals surface area contributed by atoms with E-state index < -0.39 is 6.04 Å². The Kier molecular flexibility index (Phi) is 5.67. The lowest BCUT2D eigenvalue weighted by Gasteiger charge is -2.25. The van der Waals surface area contributed by atoms with Gasteiger partial charge in [0.05, 0.1) is 23.1 Å². The van der Waals surface area contributed by atoms with E-state index in [-0.39, 0.29) is 23.2 Å². The van der Waals surface area contributed by atoms with Gasteiger partial charge in [-0.25, -0.2) is 0 Å². The monoisotopic (exact) mass is 425 g/mol. The fourth-order valence-corrected chi connectivity index (χ4v) is 4.14. The molecule has 30 heavy (non-hydrogen) atoms. The first-order valence-electron chi connectivity index (χ1n) is 10.1. The van der Waals surface area contributed by atoms with Gasteiger partial charge in [0.1, 0.15) is 5.58 Å². The molecule has 6 heteroatoms. The van der Waals surface area contributed by atoms with Crippen LogP contribution in [0.25, 0.3) is 11.0 Å². The minimum Gasteiger partial charge on any atom is -0.450 e. The van der Waals surface area contributed by atoms with Crippen LogP contribution in [0.4, 0.5) is 0 Å². The molecule has 1 atom stereocenters. The molecule has 1 amide bonds. The molecule has 1 aliphatic rings. The van der Waals surface area contributed by atoms with Crippen molar-refractivity contribution in [1.82, 2.24) is 4.90 Å². The Balaban J connectivity index is 1.83. The summed E-state index contributed by atoms with van der Waals surface area (Å²) in [5, 5.41) is 1.04. The van der Waals surface area contributed by atoms with Gasteiger partial charge in [0.15, 0.2) is 5.43 Å². The van der Waals surface area contributed by atoms with Crippen molar-refractivity contribution in [2.45, 2.75) is 39.3 Å². The zero-order valence-electron chi connectivity index (χ0n) is 17.3. The molecule has 0 fully saturated rings. The van der Waals surface area contributed by atoms with Crippen molar-refractivity contribution >= 4 is 28.5 Å². The van der Waals surface area contributed by atoms with Crippen molar-refractivity contribution in [2.24, 2.45) is 0 Å². The Labute approximate surface area is 180 Å². The molecule has 0 unspecified atom stereocenters. The minimum absolute atomic E-state index is 0.117. The number of ether oxygens (including phenoxy) is 1. The van der Waals surface area contributed by atoms with Gasteiger partial charge in [-0.1, -0.05) is 35.4 Å². The van der Waals surface area contributed by atoms with Crippen LogP contribution >= 0.6 is 11.6 Å². The summed E-state index contributed by atoms with van der Waals surface area (Å²) in [4.78, 5) is 28.4. The number of halogens is 1. The summed E-state index contributed by atoms with van der Waals surface area (Å²) in [6.45, 7) is 6.85. The second-order valence-corrected chi connectivity index (χ2v) is 8.34. The average Bonchev–Trinajstić information content (AvgIpc) is 2.98. The van der Waals surface area contributed by atoms with Crippen LogP contribution in [0.1, 0.15) is 53.6 Å². The third-order valence-corrected chi connectivity index (χ3v) is 5.52. The zero-order chi connectivity index (χ0) is 21.4. The van der Waals surface area contributed by atoms with Crippen molar-refractivity contribution in [1.29, 1.82) is 0 Å². The van der Waals surface area contributed by atoms with E-state index in [1.807, 2.05) is 39.0 Å². The maximum Gasteiger partial charge on any atom is 0.290 e. The molecule has 0 radical (unpaired) electrons. The van der Waals surface area contributed by atoms with Crippen molar-refractivity contribution in [2.75, 3.05) is 13.2 Å². The van der Waals surface area contributed by atoms with Crippen LogP contribution < -0.4 is 5.43 Å². The summed E-state index contributed by atoms with van der Waals surface area (Å²) in [5.41, 5.74) is 2.38. The third kappa shape index (κ3) is 3.75. The molecule has 5 nitrogen and oxygen atoms in total. The number of carbonyl (C=O) groups is 1. The van der Waals surface area contributed by atoms with E-state index in [4.69, 9.17) is 20.8 Å². The predicted molar refractivity (Wildman–Crippen MR) is 117 cm³/mol. The third-order valence-electron chi connectivity index (χ3n) is 5.28. The van der Waals surface area contributed by atoms with Crippen molar-refractivity contribution in [3.63, 3.8) is 0 Å². The van der Waals surface area contributed by atoms with E-state index in [0.717, 1.165) is 11.1 Å². The maximum absolute atomic E-state index is 13.5. The molecular weight excluding hydrogens is 402 g/mol. The second-order valence-electron chi connectivity index (χ2n) is 7.90. The van der Waals surface area contributed by atoms with Gasteiger partial charge in [0.2, 0.25) is 5.76 Å². The Morgan fingerprint density at radius 1 is 1.17 bits per heavy atom. The zero-order valence-corrected chi connectivity index (χ0v) is 18.0. The molecule has 0 spiro atoms. The van der Waals surface area contributed by atoms with Crippen LogP contribution in [0, 0.1) is 6.92 Å². The van der Waals surface area contributed by atoms with Crippen LogP contribution in [-0.2, 0) is 4.74 Å². The summed E-state index contributed by atoms with van der Waals surface area (Å²) < 4.78 is 11.6. The van der Waals surface area contributed by atoms with E-state index in [1.165, 1.54) is 0 Å². The van der Waals surface area contributed by atoms with E-state index >= 15 is 0 Å². The predicted octanol–water partition coefficient (Wildman–Crippen LogP) is 5.12. The van der Waals surface area contributed by atoms with Crippen LogP contribution in [-0.4, -0.2) is 30.1 Å². The lowest BCUT2D eigenvalue weighted by atomic mass is 9.98. The molecule has 0 bridgehead atoms. The van der Waals surface area contributed by atoms with Gasteiger partial charge in [-0.2, -0.15) is 0 Å². The Morgan fingerprint density at radius 3 is 2.70 bits per heavy atom. The van der Waals surface area contributed by atoms with Gasteiger partial charge in [-0.15, -0.1) is 0 Å². The quantitative estimate of drug-likeness (QED) is 0.514. The number of amides is 1. The lowest BCUT2D eigenvalue weighted by Crippen LogP contribution is -2.31. The van der Waals surface area contributed by atoms with Gasteiger partial charge in [0, 0.05) is 18.2 Å². The average molecular weight is 426 g/mol. The number of nitrogens with zero attached hydrogens (tertiary/aromatic N) is 1. The van der Waals surface area contributed by atoms with E-state index in [1.54, 1.807) is 29.2 Å². The molecule has 0 saturated carbocycles. The van der Waals surface area contributed by atoms with Crippen LogP contribution in [0.3, 0.4) is 0 Å². The minimum atomic E-state index is -0.536. The number of carbonyl (C=O) groups excluding carboxylic acids is 1. The number of benzene rings is 2. The van der Waals surface area contributed by atoms with Crippen LogP contribution in [0.5, 0.6) is 0 Å². The highest BCUT2D eigenvalue weighted by atomic mass is 35.5. The number of hydrogen-bond donors (Lipinski definition) is 0. The standard InChI is InChI=1S/C24H24ClNO4/c1-14(2)29-11-5-10-26-21(16-6-4-7-17(25)13-16)20-22(27)18-12-15(3)8-9-19(18)30-23(20)24(26)28/h4,6-9,12-14,21H,5,10-11H2,1-3H3/t21-/m1/s1. The van der Waals surface area contributed by atoms with E-state index in [9.17, 15) is 9.59 Å². The first-order valence-corrected chi connectivity index (χ1v) is 10.5. The molecule has 0 saturated heterocycles. The summed E-state index contributed by atoms with van der Waals surface area (Å²) in [6.07, 6.45) is 0.777. The largest absolute Gasteiger partial charge is 0.450 e. The Bertz CT molecular complexity index is 1170.